The van der Waals surface area contributed by atoms with Gasteiger partial charge < -0.3 is 20.3 Å². The van der Waals surface area contributed by atoms with Gasteiger partial charge in [0.15, 0.2) is 6.29 Å². The molecule has 0 saturated heterocycles. The molecule has 3 N–H and O–H groups in total. The number of carbonyl (C=O) groups excluding carboxylic acids is 1. The Morgan fingerprint density at radius 2 is 2.13 bits per heavy atom. The van der Waals surface area contributed by atoms with Crippen molar-refractivity contribution in [3.05, 3.63) is 16.0 Å². The minimum atomic E-state index is -1.06. The third kappa shape index (κ3) is 2.11. The van der Waals surface area contributed by atoms with Crippen LogP contribution in [-0.2, 0) is 9.47 Å². The average Bonchev–Trinajstić information content (AvgIpc) is 2.52. The second-order valence-corrected chi connectivity index (χ2v) is 3.99. The van der Waals surface area contributed by atoms with Crippen molar-refractivity contribution in [2.24, 2.45) is 0 Å². The minimum Gasteiger partial charge on any atom is -0.465 e. The van der Waals surface area contributed by atoms with E-state index in [-0.39, 0.29) is 0 Å². The Hall–Kier alpha value is -1.11. The van der Waals surface area contributed by atoms with Crippen LogP contribution in [0, 0.1) is 6.92 Å². The highest BCUT2D eigenvalue weighted by Crippen LogP contribution is 2.35. The summed E-state index contributed by atoms with van der Waals surface area (Å²) in [6.45, 7) is 1.69. The van der Waals surface area contributed by atoms with Crippen LogP contribution < -0.4 is 5.73 Å². The number of esters is 1. The molecule has 0 radical (unpaired) electrons. The van der Waals surface area contributed by atoms with Crippen LogP contribution in [0.15, 0.2) is 0 Å². The molecule has 1 aromatic heterocycles. The Bertz CT molecular complexity index is 374. The molecular formula is C9H13NO4S. The Morgan fingerprint density at radius 3 is 2.60 bits per heavy atom. The number of anilines is 1. The first kappa shape index (κ1) is 12.0. The predicted molar refractivity (Wildman–Crippen MR) is 56.8 cm³/mol. The fraction of sp³-hybridized carbons (Fsp3) is 0.444. The summed E-state index contributed by atoms with van der Waals surface area (Å²) in [6, 6.07) is 0. The van der Waals surface area contributed by atoms with Gasteiger partial charge in [-0.05, 0) is 12.5 Å². The Balaban J connectivity index is 3.20. The molecule has 0 aliphatic rings. The van der Waals surface area contributed by atoms with Gasteiger partial charge in [-0.2, -0.15) is 0 Å². The molecule has 0 spiro atoms. The molecule has 1 heterocycles. The molecule has 0 unspecified atom stereocenters. The highest BCUT2D eigenvalue weighted by Gasteiger charge is 2.23. The van der Waals surface area contributed by atoms with Crippen LogP contribution in [0.5, 0.6) is 0 Å². The lowest BCUT2D eigenvalue weighted by molar-refractivity contribution is -0.0746. The van der Waals surface area contributed by atoms with Gasteiger partial charge in [0.05, 0.1) is 17.6 Å². The van der Waals surface area contributed by atoms with Crippen LogP contribution in [0.25, 0.3) is 0 Å². The average molecular weight is 231 g/mol. The van der Waals surface area contributed by atoms with Crippen LogP contribution in [0.4, 0.5) is 5.00 Å². The van der Waals surface area contributed by atoms with E-state index in [1.807, 2.05) is 0 Å². The topological polar surface area (TPSA) is 81.8 Å². The maximum Gasteiger partial charge on any atom is 0.341 e. The van der Waals surface area contributed by atoms with Crippen LogP contribution in [0.3, 0.4) is 0 Å². The van der Waals surface area contributed by atoms with E-state index < -0.39 is 12.3 Å². The molecule has 0 saturated carbocycles. The van der Waals surface area contributed by atoms with Crippen LogP contribution in [-0.4, -0.2) is 25.3 Å². The lowest BCUT2D eigenvalue weighted by atomic mass is 10.1. The summed E-state index contributed by atoms with van der Waals surface area (Å²) in [6.07, 6.45) is -1.06. The quantitative estimate of drug-likeness (QED) is 0.600. The molecule has 0 amide bonds. The number of ether oxygens (including phenoxy) is 2. The monoisotopic (exact) mass is 231 g/mol. The third-order valence-electron chi connectivity index (χ3n) is 2.05. The summed E-state index contributed by atoms with van der Waals surface area (Å²) in [5.74, 6) is -0.504. The lowest BCUT2D eigenvalue weighted by Gasteiger charge is -2.06. The van der Waals surface area contributed by atoms with Gasteiger partial charge in [-0.25, -0.2) is 4.79 Å². The number of hydrogen-bond donors (Lipinski definition) is 2. The van der Waals surface area contributed by atoms with E-state index >= 15 is 0 Å². The molecule has 1 rings (SSSR count). The maximum atomic E-state index is 11.4. The number of aliphatic hydroxyl groups is 1. The largest absolute Gasteiger partial charge is 0.465 e. The van der Waals surface area contributed by atoms with Crippen molar-refractivity contribution in [1.82, 2.24) is 0 Å². The number of methoxy groups -OCH3 is 2. The van der Waals surface area contributed by atoms with Crippen molar-refractivity contribution in [3.63, 3.8) is 0 Å². The van der Waals surface area contributed by atoms with Gasteiger partial charge in [-0.15, -0.1) is 11.3 Å². The SMILES string of the molecule is COC(=O)c1c(N)sc([C@@H](O)OC)c1C. The first-order valence-electron chi connectivity index (χ1n) is 4.20. The van der Waals surface area contributed by atoms with E-state index in [0.29, 0.717) is 21.0 Å². The highest BCUT2D eigenvalue weighted by atomic mass is 32.1. The Labute approximate surface area is 91.4 Å². The number of aliphatic hydroxyl groups excluding tert-OH is 1. The van der Waals surface area contributed by atoms with Gasteiger partial charge >= 0.3 is 5.97 Å². The number of nitrogens with two attached hydrogens (primary N) is 1. The molecule has 6 heteroatoms. The van der Waals surface area contributed by atoms with Gasteiger partial charge in [0.1, 0.15) is 5.00 Å². The summed E-state index contributed by atoms with van der Waals surface area (Å²) >= 11 is 1.12. The Morgan fingerprint density at radius 1 is 1.53 bits per heavy atom. The number of hydrogen-bond acceptors (Lipinski definition) is 6. The van der Waals surface area contributed by atoms with Crippen molar-refractivity contribution in [1.29, 1.82) is 0 Å². The Kier molecular flexibility index (Phi) is 3.67. The molecule has 0 fully saturated rings. The number of thiophene rings is 1. The molecule has 84 valence electrons. The second kappa shape index (κ2) is 4.61. The second-order valence-electron chi connectivity index (χ2n) is 2.91. The summed E-state index contributed by atoms with van der Waals surface area (Å²) in [5, 5.41) is 9.81. The predicted octanol–water partition coefficient (Wildman–Crippen LogP) is 1.06. The highest BCUT2D eigenvalue weighted by molar-refractivity contribution is 7.16. The van der Waals surface area contributed by atoms with Gasteiger partial charge in [0, 0.05) is 7.11 Å². The molecule has 5 nitrogen and oxygen atoms in total. The summed E-state index contributed by atoms with van der Waals surface area (Å²) < 4.78 is 9.35. The van der Waals surface area contributed by atoms with Gasteiger partial charge in [0.2, 0.25) is 0 Å². The fourth-order valence-corrected chi connectivity index (χ4v) is 2.28. The summed E-state index contributed by atoms with van der Waals surface area (Å²) in [5.41, 5.74) is 6.56. The third-order valence-corrected chi connectivity index (χ3v) is 3.20. The zero-order valence-electron chi connectivity index (χ0n) is 8.73. The normalized spacial score (nSPS) is 12.5. The van der Waals surface area contributed by atoms with E-state index in [1.54, 1.807) is 6.92 Å². The molecule has 15 heavy (non-hydrogen) atoms. The molecule has 1 atom stereocenters. The number of carbonyl (C=O) groups is 1. The molecule has 0 bridgehead atoms. The van der Waals surface area contributed by atoms with E-state index in [9.17, 15) is 9.90 Å². The minimum absolute atomic E-state index is 0.300. The van der Waals surface area contributed by atoms with E-state index in [4.69, 9.17) is 10.5 Å². The van der Waals surface area contributed by atoms with Crippen LogP contribution in [0.1, 0.15) is 27.1 Å². The van der Waals surface area contributed by atoms with E-state index in [0.717, 1.165) is 11.3 Å². The first-order chi connectivity index (χ1) is 7.02. The molecule has 0 aliphatic heterocycles. The van der Waals surface area contributed by atoms with E-state index in [2.05, 4.69) is 4.74 Å². The molecule has 0 aliphatic carbocycles. The number of nitrogen functional groups attached to an aromatic ring is 1. The summed E-state index contributed by atoms with van der Waals surface area (Å²) in [7, 11) is 2.66. The van der Waals surface area contributed by atoms with Gasteiger partial charge in [-0.3, -0.25) is 0 Å². The smallest absolute Gasteiger partial charge is 0.341 e. The number of rotatable bonds is 3. The standard InChI is InChI=1S/C9H13NO4S/c1-4-5(8(11)13-2)7(10)15-6(4)9(12)14-3/h9,12H,10H2,1-3H3/t9-/m0/s1. The van der Waals surface area contributed by atoms with Crippen molar-refractivity contribution in [2.75, 3.05) is 20.0 Å². The zero-order valence-corrected chi connectivity index (χ0v) is 9.55. The zero-order chi connectivity index (χ0) is 11.6. The lowest BCUT2D eigenvalue weighted by Crippen LogP contribution is -2.06. The van der Waals surface area contributed by atoms with Crippen molar-refractivity contribution >= 4 is 22.3 Å². The van der Waals surface area contributed by atoms with Crippen LogP contribution >= 0.6 is 11.3 Å². The molecule has 0 aromatic carbocycles. The van der Waals surface area contributed by atoms with Crippen molar-refractivity contribution < 1.29 is 19.4 Å². The van der Waals surface area contributed by atoms with Crippen molar-refractivity contribution in [3.8, 4) is 0 Å². The van der Waals surface area contributed by atoms with Crippen molar-refractivity contribution in [2.45, 2.75) is 13.2 Å². The fourth-order valence-electron chi connectivity index (χ4n) is 1.25. The van der Waals surface area contributed by atoms with Gasteiger partial charge in [-0.1, -0.05) is 0 Å². The van der Waals surface area contributed by atoms with E-state index in [1.165, 1.54) is 14.2 Å². The molecule has 1 aromatic rings. The van der Waals surface area contributed by atoms with Crippen LogP contribution in [0.2, 0.25) is 0 Å². The molecular weight excluding hydrogens is 218 g/mol. The first-order valence-corrected chi connectivity index (χ1v) is 5.02. The maximum absolute atomic E-state index is 11.4. The van der Waals surface area contributed by atoms with Gasteiger partial charge in [0.25, 0.3) is 0 Å². The summed E-state index contributed by atoms with van der Waals surface area (Å²) in [4.78, 5) is 11.9.